The second kappa shape index (κ2) is 4.30. The van der Waals surface area contributed by atoms with E-state index in [4.69, 9.17) is 0 Å². The highest BCUT2D eigenvalue weighted by Crippen LogP contribution is 2.49. The lowest BCUT2D eigenvalue weighted by Crippen LogP contribution is -2.07. The van der Waals surface area contributed by atoms with Crippen molar-refractivity contribution in [3.63, 3.8) is 0 Å². The second-order valence-electron chi connectivity index (χ2n) is 4.40. The predicted octanol–water partition coefficient (Wildman–Crippen LogP) is 4.10. The van der Waals surface area contributed by atoms with Crippen LogP contribution in [0.1, 0.15) is 53.4 Å². The Morgan fingerprint density at radius 3 is 1.58 bits per heavy atom. The molecule has 0 aromatic heterocycles. The summed E-state index contributed by atoms with van der Waals surface area (Å²) < 4.78 is 0. The maximum atomic E-state index is 2.46. The summed E-state index contributed by atoms with van der Waals surface area (Å²) in [5.74, 6) is 4.28. The van der Waals surface area contributed by atoms with Crippen LogP contribution in [0, 0.1) is 23.7 Å². The van der Waals surface area contributed by atoms with E-state index in [9.17, 15) is 0 Å². The topological polar surface area (TPSA) is 0 Å². The van der Waals surface area contributed by atoms with E-state index in [2.05, 4.69) is 13.8 Å². The van der Waals surface area contributed by atoms with Gasteiger partial charge in [0.15, 0.2) is 0 Å². The van der Waals surface area contributed by atoms with Crippen LogP contribution in [0.2, 0.25) is 0 Å². The summed E-state index contributed by atoms with van der Waals surface area (Å²) in [6, 6.07) is 0. The molecule has 0 N–H and O–H groups in total. The van der Waals surface area contributed by atoms with Crippen molar-refractivity contribution in [1.29, 1.82) is 0 Å². The summed E-state index contributed by atoms with van der Waals surface area (Å²) in [6.45, 7) is 8.92. The molecule has 0 amide bonds. The molecular weight excluding hydrogens is 144 g/mol. The van der Waals surface area contributed by atoms with Crippen molar-refractivity contribution in [3.05, 3.63) is 0 Å². The highest BCUT2D eigenvalue weighted by Gasteiger charge is 2.39. The maximum absolute atomic E-state index is 2.46. The van der Waals surface area contributed by atoms with Crippen molar-refractivity contribution < 1.29 is 0 Å². The molecule has 0 aromatic carbocycles. The Morgan fingerprint density at radius 2 is 1.25 bits per heavy atom. The van der Waals surface area contributed by atoms with Crippen LogP contribution in [-0.2, 0) is 0 Å². The van der Waals surface area contributed by atoms with Gasteiger partial charge in [-0.2, -0.15) is 0 Å². The normalized spacial score (nSPS) is 45.0. The molecule has 2 fully saturated rings. The molecule has 12 heavy (non-hydrogen) atoms. The van der Waals surface area contributed by atoms with Crippen LogP contribution >= 0.6 is 0 Å². The molecule has 0 nitrogen and oxygen atoms in total. The molecule has 2 aliphatic carbocycles. The van der Waals surface area contributed by atoms with Crippen molar-refractivity contribution >= 4 is 0 Å². The number of fused-ring (bicyclic) bond motifs is 2. The molecule has 0 heteroatoms. The lowest BCUT2D eigenvalue weighted by Gasteiger charge is -2.18. The van der Waals surface area contributed by atoms with Gasteiger partial charge in [-0.25, -0.2) is 0 Å². The first kappa shape index (κ1) is 10.1. The smallest absolute Gasteiger partial charge is 0.0383 e. The Balaban J connectivity index is 0.000000336. The molecule has 0 saturated heterocycles. The Labute approximate surface area is 77.7 Å². The zero-order valence-corrected chi connectivity index (χ0v) is 9.14. The third kappa shape index (κ3) is 1.67. The summed E-state index contributed by atoms with van der Waals surface area (Å²) in [7, 11) is 0. The number of hydrogen-bond donors (Lipinski definition) is 0. The molecule has 2 aliphatic rings. The molecule has 2 rings (SSSR count). The molecule has 72 valence electrons. The zero-order chi connectivity index (χ0) is 9.14. The van der Waals surface area contributed by atoms with Gasteiger partial charge in [-0.3, -0.25) is 0 Å². The zero-order valence-electron chi connectivity index (χ0n) is 9.14. The van der Waals surface area contributed by atoms with Gasteiger partial charge in [0.2, 0.25) is 0 Å². The Kier molecular flexibility index (Phi) is 3.61. The van der Waals surface area contributed by atoms with Gasteiger partial charge in [0.25, 0.3) is 0 Å². The molecule has 0 radical (unpaired) electrons. The van der Waals surface area contributed by atoms with E-state index in [1.54, 1.807) is 6.42 Å². The average molecular weight is 168 g/mol. The van der Waals surface area contributed by atoms with Gasteiger partial charge in [-0.05, 0) is 30.1 Å². The fourth-order valence-corrected chi connectivity index (χ4v) is 3.08. The quantitative estimate of drug-likeness (QED) is 0.511. The number of rotatable bonds is 0. The van der Waals surface area contributed by atoms with Crippen molar-refractivity contribution in [1.82, 2.24) is 0 Å². The summed E-state index contributed by atoms with van der Waals surface area (Å²) in [5.41, 5.74) is 0. The van der Waals surface area contributed by atoms with E-state index in [1.165, 1.54) is 19.3 Å². The SMILES string of the molecule is CC.CC1C2CCCC(C2)C1C. The van der Waals surface area contributed by atoms with Gasteiger partial charge in [0.05, 0.1) is 0 Å². The van der Waals surface area contributed by atoms with Gasteiger partial charge >= 0.3 is 0 Å². The molecule has 2 saturated carbocycles. The molecule has 4 atom stereocenters. The summed E-state index contributed by atoms with van der Waals surface area (Å²) in [4.78, 5) is 0. The molecule has 0 heterocycles. The second-order valence-corrected chi connectivity index (χ2v) is 4.40. The van der Waals surface area contributed by atoms with Gasteiger partial charge in [-0.15, -0.1) is 0 Å². The van der Waals surface area contributed by atoms with Crippen molar-refractivity contribution in [3.8, 4) is 0 Å². The van der Waals surface area contributed by atoms with Gasteiger partial charge < -0.3 is 0 Å². The molecule has 2 bridgehead atoms. The van der Waals surface area contributed by atoms with E-state index in [1.807, 2.05) is 13.8 Å². The Morgan fingerprint density at radius 1 is 0.833 bits per heavy atom. The molecule has 4 unspecified atom stereocenters. The van der Waals surface area contributed by atoms with Crippen LogP contribution in [0.5, 0.6) is 0 Å². The first-order valence-corrected chi connectivity index (χ1v) is 5.79. The predicted molar refractivity (Wildman–Crippen MR) is 55.1 cm³/mol. The third-order valence-corrected chi connectivity index (χ3v) is 4.07. The van der Waals surface area contributed by atoms with Crippen LogP contribution in [0.4, 0.5) is 0 Å². The molecule has 0 aliphatic heterocycles. The average Bonchev–Trinajstić information content (AvgIpc) is 2.35. The lowest BCUT2D eigenvalue weighted by molar-refractivity contribution is 0.333. The first-order valence-electron chi connectivity index (χ1n) is 5.79. The lowest BCUT2D eigenvalue weighted by atomic mass is 9.87. The largest absolute Gasteiger partial charge is 0.0683 e. The fourth-order valence-electron chi connectivity index (χ4n) is 3.08. The third-order valence-electron chi connectivity index (χ3n) is 4.07. The van der Waals surface area contributed by atoms with Gasteiger partial charge in [-0.1, -0.05) is 47.0 Å². The highest BCUT2D eigenvalue weighted by atomic mass is 14.4. The van der Waals surface area contributed by atoms with Gasteiger partial charge in [0.1, 0.15) is 0 Å². The van der Waals surface area contributed by atoms with Crippen LogP contribution in [0.3, 0.4) is 0 Å². The first-order chi connectivity index (χ1) is 5.79. The number of hydrogen-bond acceptors (Lipinski definition) is 0. The van der Waals surface area contributed by atoms with E-state index in [0.29, 0.717) is 0 Å². The van der Waals surface area contributed by atoms with Crippen LogP contribution in [0.15, 0.2) is 0 Å². The molecule has 0 aromatic rings. The fraction of sp³-hybridized carbons (Fsp3) is 1.00. The van der Waals surface area contributed by atoms with Crippen molar-refractivity contribution in [2.75, 3.05) is 0 Å². The van der Waals surface area contributed by atoms with E-state index in [0.717, 1.165) is 23.7 Å². The highest BCUT2D eigenvalue weighted by molar-refractivity contribution is 4.89. The van der Waals surface area contributed by atoms with Crippen molar-refractivity contribution in [2.45, 2.75) is 53.4 Å². The van der Waals surface area contributed by atoms with Gasteiger partial charge in [0, 0.05) is 0 Å². The minimum Gasteiger partial charge on any atom is -0.0683 e. The molecule has 0 spiro atoms. The minimum atomic E-state index is 1.03. The summed E-state index contributed by atoms with van der Waals surface area (Å²) in [5, 5.41) is 0. The summed E-state index contributed by atoms with van der Waals surface area (Å²) in [6.07, 6.45) is 6.14. The van der Waals surface area contributed by atoms with Crippen LogP contribution < -0.4 is 0 Å². The maximum Gasteiger partial charge on any atom is -0.0383 e. The standard InChI is InChI=1S/C10H18.C2H6/c1-7-8(2)10-5-3-4-9(7)6-10;1-2/h7-10H,3-6H2,1-2H3;1-2H3. The van der Waals surface area contributed by atoms with Crippen LogP contribution in [0.25, 0.3) is 0 Å². The van der Waals surface area contributed by atoms with Crippen molar-refractivity contribution in [2.24, 2.45) is 23.7 Å². The monoisotopic (exact) mass is 168 g/mol. The summed E-state index contributed by atoms with van der Waals surface area (Å²) >= 11 is 0. The minimum absolute atomic E-state index is 1.03. The molecular formula is C12H24. The Hall–Kier alpha value is 0. The van der Waals surface area contributed by atoms with E-state index >= 15 is 0 Å². The van der Waals surface area contributed by atoms with E-state index in [-0.39, 0.29) is 0 Å². The Bertz CT molecular complexity index is 110. The van der Waals surface area contributed by atoms with E-state index < -0.39 is 0 Å². The van der Waals surface area contributed by atoms with Crippen LogP contribution in [-0.4, -0.2) is 0 Å².